The number of aliphatic hydroxyl groups excluding tert-OH is 1. The monoisotopic (exact) mass is 282 g/mol. The fourth-order valence-corrected chi connectivity index (χ4v) is 1.62. The average molecular weight is 282 g/mol. The molecular weight excluding hydrogens is 260 g/mol. The minimum absolute atomic E-state index is 0.185. The number of ether oxygens (including phenoxy) is 2. The highest BCUT2D eigenvalue weighted by Crippen LogP contribution is 2.27. The molecule has 6 heteroatoms. The number of amides is 1. The second-order valence-corrected chi connectivity index (χ2v) is 5.37. The Kier molecular flexibility index (Phi) is 5.35. The van der Waals surface area contributed by atoms with Crippen LogP contribution in [0.5, 0.6) is 5.75 Å². The number of aliphatic hydroxyl groups is 1. The second kappa shape index (κ2) is 6.58. The zero-order valence-corrected chi connectivity index (χ0v) is 12.3. The smallest absolute Gasteiger partial charge is 0.412 e. The van der Waals surface area contributed by atoms with Gasteiger partial charge in [-0.05, 0) is 26.8 Å². The van der Waals surface area contributed by atoms with Crippen LogP contribution in [-0.2, 0) is 4.74 Å². The second-order valence-electron chi connectivity index (χ2n) is 5.37. The van der Waals surface area contributed by atoms with Crippen LogP contribution in [0.1, 0.15) is 32.4 Å². The molecule has 0 aliphatic rings. The van der Waals surface area contributed by atoms with Crippen molar-refractivity contribution < 1.29 is 19.4 Å². The Hall–Kier alpha value is -1.79. The van der Waals surface area contributed by atoms with Gasteiger partial charge in [0.15, 0.2) is 0 Å². The molecule has 1 amide bonds. The number of nitrogens with one attached hydrogen (secondary N) is 1. The van der Waals surface area contributed by atoms with Crippen LogP contribution >= 0.6 is 0 Å². The van der Waals surface area contributed by atoms with Crippen molar-refractivity contribution in [3.05, 3.63) is 23.8 Å². The van der Waals surface area contributed by atoms with E-state index in [0.717, 1.165) is 0 Å². The van der Waals surface area contributed by atoms with Gasteiger partial charge in [0.05, 0.1) is 19.8 Å². The van der Waals surface area contributed by atoms with Crippen molar-refractivity contribution >= 4 is 11.8 Å². The van der Waals surface area contributed by atoms with Crippen LogP contribution in [0.15, 0.2) is 18.2 Å². The van der Waals surface area contributed by atoms with Gasteiger partial charge in [-0.1, -0.05) is 6.07 Å². The van der Waals surface area contributed by atoms with E-state index in [0.29, 0.717) is 17.0 Å². The molecule has 0 aliphatic heterocycles. The molecule has 0 fully saturated rings. The van der Waals surface area contributed by atoms with Crippen LogP contribution < -0.4 is 15.8 Å². The predicted octanol–water partition coefficient (Wildman–Crippen LogP) is 2.03. The third kappa shape index (κ3) is 4.71. The number of anilines is 1. The van der Waals surface area contributed by atoms with E-state index in [-0.39, 0.29) is 6.61 Å². The highest BCUT2D eigenvalue weighted by molar-refractivity contribution is 5.85. The van der Waals surface area contributed by atoms with Gasteiger partial charge in [-0.3, -0.25) is 5.32 Å². The Labute approximate surface area is 118 Å². The lowest BCUT2D eigenvalue weighted by molar-refractivity contribution is 0.0636. The van der Waals surface area contributed by atoms with Gasteiger partial charge in [-0.15, -0.1) is 0 Å². The van der Waals surface area contributed by atoms with Gasteiger partial charge >= 0.3 is 6.09 Å². The van der Waals surface area contributed by atoms with Crippen molar-refractivity contribution in [3.8, 4) is 5.75 Å². The quantitative estimate of drug-likeness (QED) is 0.785. The van der Waals surface area contributed by atoms with E-state index in [1.54, 1.807) is 39.0 Å². The number of carbonyl (C=O) groups excluding carboxylic acids is 1. The van der Waals surface area contributed by atoms with Crippen molar-refractivity contribution in [3.63, 3.8) is 0 Å². The van der Waals surface area contributed by atoms with E-state index >= 15 is 0 Å². The van der Waals surface area contributed by atoms with E-state index in [9.17, 15) is 4.79 Å². The molecule has 0 bridgehead atoms. The van der Waals surface area contributed by atoms with E-state index in [2.05, 4.69) is 5.32 Å². The van der Waals surface area contributed by atoms with E-state index in [1.807, 2.05) is 0 Å². The molecule has 1 rings (SSSR count). The van der Waals surface area contributed by atoms with Gasteiger partial charge in [-0.25, -0.2) is 4.79 Å². The zero-order valence-electron chi connectivity index (χ0n) is 12.3. The normalized spacial score (nSPS) is 12.7. The van der Waals surface area contributed by atoms with Crippen LogP contribution in [-0.4, -0.2) is 30.5 Å². The Morgan fingerprint density at radius 3 is 2.60 bits per heavy atom. The summed E-state index contributed by atoms with van der Waals surface area (Å²) in [5, 5.41) is 11.7. The van der Waals surface area contributed by atoms with E-state index in [1.165, 1.54) is 7.11 Å². The fraction of sp³-hybridized carbons (Fsp3) is 0.500. The first-order chi connectivity index (χ1) is 9.26. The Bertz CT molecular complexity index is 469. The van der Waals surface area contributed by atoms with E-state index in [4.69, 9.17) is 20.3 Å². The van der Waals surface area contributed by atoms with Crippen LogP contribution in [0, 0.1) is 0 Å². The fourth-order valence-electron chi connectivity index (χ4n) is 1.62. The van der Waals surface area contributed by atoms with Crippen LogP contribution in [0.2, 0.25) is 0 Å². The summed E-state index contributed by atoms with van der Waals surface area (Å²) in [6.45, 7) is 5.18. The van der Waals surface area contributed by atoms with Gasteiger partial charge in [0.1, 0.15) is 11.4 Å². The minimum Gasteiger partial charge on any atom is -0.496 e. The third-order valence-electron chi connectivity index (χ3n) is 2.47. The average Bonchev–Trinajstić information content (AvgIpc) is 2.35. The van der Waals surface area contributed by atoms with Crippen molar-refractivity contribution in [2.45, 2.75) is 32.4 Å². The van der Waals surface area contributed by atoms with Gasteiger partial charge in [-0.2, -0.15) is 0 Å². The van der Waals surface area contributed by atoms with Crippen LogP contribution in [0.3, 0.4) is 0 Å². The van der Waals surface area contributed by atoms with Crippen molar-refractivity contribution in [1.29, 1.82) is 0 Å². The zero-order chi connectivity index (χ0) is 15.3. The predicted molar refractivity (Wildman–Crippen MR) is 76.9 cm³/mol. The lowest BCUT2D eigenvalue weighted by Crippen LogP contribution is -2.27. The first kappa shape index (κ1) is 16.3. The van der Waals surface area contributed by atoms with Gasteiger partial charge in [0.2, 0.25) is 0 Å². The third-order valence-corrected chi connectivity index (χ3v) is 2.47. The molecule has 20 heavy (non-hydrogen) atoms. The maximum Gasteiger partial charge on any atom is 0.412 e. The molecule has 0 saturated carbocycles. The minimum atomic E-state index is -0.562. The molecule has 0 aliphatic carbocycles. The summed E-state index contributed by atoms with van der Waals surface area (Å²) in [6.07, 6.45) is -0.543. The van der Waals surface area contributed by atoms with E-state index < -0.39 is 17.7 Å². The van der Waals surface area contributed by atoms with Crippen LogP contribution in [0.4, 0.5) is 10.5 Å². The summed E-state index contributed by atoms with van der Waals surface area (Å²) in [5.74, 6) is 0.500. The molecular formula is C14H22N2O4. The molecule has 0 radical (unpaired) electrons. The van der Waals surface area contributed by atoms with Gasteiger partial charge in [0.25, 0.3) is 0 Å². The maximum atomic E-state index is 11.7. The number of carbonyl (C=O) groups is 1. The standard InChI is InChI=1S/C14H22N2O4/c1-14(2,3)20-13(18)16-9-5-6-10(11(15)8-17)12(7-9)19-4/h5-7,11,17H,8,15H2,1-4H3,(H,16,18)/t11-/m0/s1. The summed E-state index contributed by atoms with van der Waals surface area (Å²) in [4.78, 5) is 11.7. The summed E-state index contributed by atoms with van der Waals surface area (Å²) >= 11 is 0. The number of rotatable bonds is 4. The summed E-state index contributed by atoms with van der Waals surface area (Å²) in [6, 6.07) is 4.49. The number of nitrogens with two attached hydrogens (primary N) is 1. The summed E-state index contributed by atoms with van der Waals surface area (Å²) in [7, 11) is 1.50. The Morgan fingerprint density at radius 2 is 2.10 bits per heavy atom. The molecule has 112 valence electrons. The number of hydrogen-bond acceptors (Lipinski definition) is 5. The summed E-state index contributed by atoms with van der Waals surface area (Å²) in [5.41, 5.74) is 6.40. The molecule has 1 aromatic carbocycles. The molecule has 0 aromatic heterocycles. The van der Waals surface area contributed by atoms with Crippen LogP contribution in [0.25, 0.3) is 0 Å². The maximum absolute atomic E-state index is 11.7. The molecule has 1 aromatic rings. The number of hydrogen-bond donors (Lipinski definition) is 3. The van der Waals surface area contributed by atoms with Crippen molar-refractivity contribution in [2.24, 2.45) is 5.73 Å². The Morgan fingerprint density at radius 1 is 1.45 bits per heavy atom. The first-order valence-corrected chi connectivity index (χ1v) is 6.31. The molecule has 6 nitrogen and oxygen atoms in total. The molecule has 0 saturated heterocycles. The molecule has 0 spiro atoms. The molecule has 1 atom stereocenters. The van der Waals surface area contributed by atoms with Crippen molar-refractivity contribution in [2.75, 3.05) is 19.0 Å². The van der Waals surface area contributed by atoms with Gasteiger partial charge < -0.3 is 20.3 Å². The summed E-state index contributed by atoms with van der Waals surface area (Å²) < 4.78 is 10.4. The number of methoxy groups -OCH3 is 1. The highest BCUT2D eigenvalue weighted by Gasteiger charge is 2.17. The number of benzene rings is 1. The SMILES string of the molecule is COc1cc(NC(=O)OC(C)(C)C)ccc1[C@@H](N)CO. The molecule has 0 unspecified atom stereocenters. The topological polar surface area (TPSA) is 93.8 Å². The Balaban J connectivity index is 2.85. The van der Waals surface area contributed by atoms with Gasteiger partial charge in [0, 0.05) is 17.3 Å². The van der Waals surface area contributed by atoms with Crippen molar-refractivity contribution in [1.82, 2.24) is 0 Å². The first-order valence-electron chi connectivity index (χ1n) is 6.31. The largest absolute Gasteiger partial charge is 0.496 e. The lowest BCUT2D eigenvalue weighted by Gasteiger charge is -2.20. The highest BCUT2D eigenvalue weighted by atomic mass is 16.6. The molecule has 4 N–H and O–H groups in total. The molecule has 0 heterocycles. The lowest BCUT2D eigenvalue weighted by atomic mass is 10.1.